The minimum Gasteiger partial charge on any atom is 0 e. The molecule has 5 heteroatoms. The minimum absolute atomic E-state index is 0. The maximum atomic E-state index is 10.2. The van der Waals surface area contributed by atoms with E-state index in [2.05, 4.69) is 0 Å². The molecule has 1 aliphatic carbocycles. The summed E-state index contributed by atoms with van der Waals surface area (Å²) >= 11 is 0. The van der Waals surface area contributed by atoms with Gasteiger partial charge in [0.2, 0.25) is 0 Å². The average Bonchev–Trinajstić information content (AvgIpc) is 1.89. The van der Waals surface area contributed by atoms with Crippen molar-refractivity contribution in [1.82, 2.24) is 0 Å². The van der Waals surface area contributed by atoms with Gasteiger partial charge >= 0.3 is 46.4 Å². The smallest absolute Gasteiger partial charge is 0 e. The molecule has 0 radical (unpaired) electrons. The Morgan fingerprint density at radius 1 is 1.25 bits per heavy atom. The summed E-state index contributed by atoms with van der Waals surface area (Å²) in [4.78, 5) is 0. The monoisotopic (exact) mass is 266 g/mol. The van der Waals surface area contributed by atoms with E-state index >= 15 is 0 Å². The van der Waals surface area contributed by atoms with Crippen molar-refractivity contribution in [3.8, 4) is 0 Å². The molecule has 1 rings (SSSR count). The Morgan fingerprint density at radius 2 is 1.75 bits per heavy atom. The number of rotatable bonds is 2. The van der Waals surface area contributed by atoms with Crippen LogP contribution in [0.2, 0.25) is 0 Å². The molecule has 0 heterocycles. The van der Waals surface area contributed by atoms with Crippen molar-refractivity contribution in [3.05, 3.63) is 0 Å². The summed E-state index contributed by atoms with van der Waals surface area (Å²) < 4.78 is 15.2. The van der Waals surface area contributed by atoms with Crippen LogP contribution in [-0.2, 0) is 28.6 Å². The molecule has 0 aromatic heterocycles. The first-order valence-corrected chi connectivity index (χ1v) is 4.51. The van der Waals surface area contributed by atoms with Crippen LogP contribution < -0.4 is 0 Å². The van der Waals surface area contributed by atoms with Gasteiger partial charge in [0.1, 0.15) is 0 Å². The van der Waals surface area contributed by atoms with E-state index in [1.807, 2.05) is 6.92 Å². The third-order valence-corrected chi connectivity index (χ3v) is 2.68. The second-order valence-electron chi connectivity index (χ2n) is 3.18. The molecule has 1 fully saturated rings. The van der Waals surface area contributed by atoms with Crippen molar-refractivity contribution in [1.29, 1.82) is 0 Å². The molecule has 0 spiro atoms. The second-order valence-corrected chi connectivity index (χ2v) is 3.51. The first-order chi connectivity index (χ1) is 4.77. The Balaban J connectivity index is 0. The van der Waals surface area contributed by atoms with Gasteiger partial charge in [0.15, 0.2) is 0 Å². The summed E-state index contributed by atoms with van der Waals surface area (Å²) in [6.45, 7) is 2.04. The number of hydrogen-bond donors (Lipinski definition) is 0. The molecule has 0 aromatic rings. The van der Waals surface area contributed by atoms with Gasteiger partial charge in [-0.3, -0.25) is 4.52 Å². The Labute approximate surface area is 118 Å². The van der Waals surface area contributed by atoms with Crippen molar-refractivity contribution in [2.45, 2.75) is 44.6 Å². The van der Waals surface area contributed by atoms with Gasteiger partial charge in [-0.05, 0) is 19.8 Å². The Bertz CT molecular complexity index is 129. The molecule has 0 bridgehead atoms. The second kappa shape index (κ2) is 8.27. The van der Waals surface area contributed by atoms with Gasteiger partial charge in [-0.1, -0.05) is 19.3 Å². The predicted molar refractivity (Wildman–Crippen MR) is 48.7 cm³/mol. The van der Waals surface area contributed by atoms with Crippen LogP contribution in [0.4, 0.5) is 0 Å². The largest absolute Gasteiger partial charge is 0 e. The zero-order chi connectivity index (χ0) is 7.45. The summed E-state index contributed by atoms with van der Waals surface area (Å²) in [5.74, 6) is 0. The molecule has 2 nitrogen and oxygen atoms in total. The Hall–Kier alpha value is 1.94. The van der Waals surface area contributed by atoms with Crippen LogP contribution >= 0.6 is 8.69 Å². The van der Waals surface area contributed by atoms with Gasteiger partial charge in [0, 0.05) is 19.5 Å². The fourth-order valence-electron chi connectivity index (χ4n) is 1.48. The van der Waals surface area contributed by atoms with E-state index in [-0.39, 0.29) is 71.5 Å². The molecule has 0 atom stereocenters. The molecular weight excluding hydrogens is 253 g/mol. The van der Waals surface area contributed by atoms with Gasteiger partial charge in [-0.15, -0.1) is 0 Å². The van der Waals surface area contributed by atoms with E-state index in [1.165, 1.54) is 19.3 Å². The summed E-state index contributed by atoms with van der Waals surface area (Å²) in [6.07, 6.45) is 5.84. The van der Waals surface area contributed by atoms with Crippen LogP contribution in [0, 0.1) is 0 Å². The van der Waals surface area contributed by atoms with Crippen molar-refractivity contribution < 1.29 is 28.6 Å². The SMILES string of the molecule is CC1(OP=O)CCCCC1.[CaH2].[Zn]. The van der Waals surface area contributed by atoms with Gasteiger partial charge in [-0.25, -0.2) is 4.57 Å². The standard InChI is InChI=1S/C7H13O2P.Ca.Zn.2H/c1-7(9-10-8)5-3-2-4-6-7;;;;/h2-6H2,1H3;;;;. The molecule has 0 aromatic carbocycles. The topological polar surface area (TPSA) is 26.3 Å². The van der Waals surface area contributed by atoms with Gasteiger partial charge in [-0.2, -0.15) is 0 Å². The molecule has 0 saturated heterocycles. The normalized spacial score (nSPS) is 20.8. The zero-order valence-electron chi connectivity index (χ0n) is 7.01. The minimum atomic E-state index is -0.167. The average molecular weight is 268 g/mol. The summed E-state index contributed by atoms with van der Waals surface area (Å²) in [6, 6.07) is 0. The van der Waals surface area contributed by atoms with Crippen LogP contribution in [0.5, 0.6) is 0 Å². The maximum Gasteiger partial charge on any atom is 0 e. The maximum absolute atomic E-state index is 10.2. The third-order valence-electron chi connectivity index (χ3n) is 2.17. The van der Waals surface area contributed by atoms with Gasteiger partial charge in [0.25, 0.3) is 0 Å². The molecule has 0 amide bonds. The summed E-state index contributed by atoms with van der Waals surface area (Å²) in [5, 5.41) is 0. The third kappa shape index (κ3) is 5.63. The van der Waals surface area contributed by atoms with Crippen molar-refractivity contribution >= 4 is 46.4 Å². The fraction of sp³-hybridized carbons (Fsp3) is 1.00. The quantitative estimate of drug-likeness (QED) is 0.565. The van der Waals surface area contributed by atoms with E-state index in [0.717, 1.165) is 12.8 Å². The predicted octanol–water partition coefficient (Wildman–Crippen LogP) is 2.01. The molecule has 0 N–H and O–H groups in total. The van der Waals surface area contributed by atoms with Crippen molar-refractivity contribution in [2.75, 3.05) is 0 Å². The summed E-state index contributed by atoms with van der Waals surface area (Å²) in [5.41, 5.74) is -0.0957. The number of hydrogen-bond acceptors (Lipinski definition) is 2. The van der Waals surface area contributed by atoms with Crippen LogP contribution in [0.3, 0.4) is 0 Å². The molecule has 0 aliphatic heterocycles. The van der Waals surface area contributed by atoms with Crippen molar-refractivity contribution in [3.63, 3.8) is 0 Å². The van der Waals surface area contributed by atoms with Gasteiger partial charge < -0.3 is 0 Å². The van der Waals surface area contributed by atoms with Crippen LogP contribution in [0.1, 0.15) is 39.0 Å². The van der Waals surface area contributed by atoms with E-state index in [4.69, 9.17) is 4.52 Å². The first-order valence-electron chi connectivity index (χ1n) is 3.78. The van der Waals surface area contributed by atoms with E-state index in [1.54, 1.807) is 0 Å². The van der Waals surface area contributed by atoms with Gasteiger partial charge in [0.05, 0.1) is 5.60 Å². The van der Waals surface area contributed by atoms with E-state index in [0.29, 0.717) is 0 Å². The molecule has 0 unspecified atom stereocenters. The molecule has 1 aliphatic rings. The van der Waals surface area contributed by atoms with Crippen LogP contribution in [-0.4, -0.2) is 43.3 Å². The molecular formula is C7H15CaO2PZn. The Morgan fingerprint density at radius 3 is 2.17 bits per heavy atom. The zero-order valence-corrected chi connectivity index (χ0v) is 10.9. The summed E-state index contributed by atoms with van der Waals surface area (Å²) in [7, 11) is -0.167. The first kappa shape index (κ1) is 16.4. The van der Waals surface area contributed by atoms with E-state index in [9.17, 15) is 4.57 Å². The Kier molecular flexibility index (Phi) is 11.3. The van der Waals surface area contributed by atoms with Crippen molar-refractivity contribution in [2.24, 2.45) is 0 Å². The van der Waals surface area contributed by atoms with Crippen LogP contribution in [0.15, 0.2) is 0 Å². The van der Waals surface area contributed by atoms with E-state index < -0.39 is 0 Å². The molecule has 64 valence electrons. The van der Waals surface area contributed by atoms with Crippen LogP contribution in [0.25, 0.3) is 0 Å². The molecule has 1 saturated carbocycles. The fourth-order valence-corrected chi connectivity index (χ4v) is 1.84. The molecule has 12 heavy (non-hydrogen) atoms.